The van der Waals surface area contributed by atoms with Crippen molar-refractivity contribution in [3.8, 4) is 0 Å². The van der Waals surface area contributed by atoms with Crippen LogP contribution in [0.3, 0.4) is 0 Å². The number of nitrogens with one attached hydrogen (secondary N) is 1. The van der Waals surface area contributed by atoms with Gasteiger partial charge in [0.2, 0.25) is 0 Å². The van der Waals surface area contributed by atoms with E-state index in [0.29, 0.717) is 12.5 Å². The van der Waals surface area contributed by atoms with Crippen molar-refractivity contribution in [3.63, 3.8) is 0 Å². The second-order valence-electron chi connectivity index (χ2n) is 5.38. The zero-order valence-electron chi connectivity index (χ0n) is 13.2. The van der Waals surface area contributed by atoms with Crippen LogP contribution >= 0.6 is 0 Å². The van der Waals surface area contributed by atoms with Crippen molar-refractivity contribution in [1.29, 1.82) is 0 Å². The van der Waals surface area contributed by atoms with Crippen molar-refractivity contribution < 1.29 is 0 Å². The maximum absolute atomic E-state index is 12.0. The molecule has 0 spiro atoms. The van der Waals surface area contributed by atoms with Crippen LogP contribution in [-0.4, -0.2) is 36.0 Å². The third-order valence-electron chi connectivity index (χ3n) is 3.38. The summed E-state index contributed by atoms with van der Waals surface area (Å²) < 4.78 is 1.52. The Bertz CT molecular complexity index is 438. The van der Waals surface area contributed by atoms with E-state index in [-0.39, 0.29) is 5.56 Å². The molecule has 0 radical (unpaired) electrons. The molecule has 0 unspecified atom stereocenters. The predicted octanol–water partition coefficient (Wildman–Crippen LogP) is 1.73. The fourth-order valence-corrected chi connectivity index (χ4v) is 2.05. The Morgan fingerprint density at radius 1 is 1.30 bits per heavy atom. The van der Waals surface area contributed by atoms with E-state index in [4.69, 9.17) is 0 Å². The molecule has 0 saturated heterocycles. The van der Waals surface area contributed by atoms with Gasteiger partial charge >= 0.3 is 0 Å². The molecule has 0 atom stereocenters. The van der Waals surface area contributed by atoms with Gasteiger partial charge in [0, 0.05) is 25.7 Å². The van der Waals surface area contributed by atoms with Gasteiger partial charge in [-0.05, 0) is 32.7 Å². The van der Waals surface area contributed by atoms with Crippen molar-refractivity contribution >= 4 is 5.69 Å². The van der Waals surface area contributed by atoms with Gasteiger partial charge < -0.3 is 10.2 Å². The SMILES string of the molecule is CCN(CC)c1cnn(CCNCCC(C)C)c(=O)c1. The van der Waals surface area contributed by atoms with Gasteiger partial charge in [0.05, 0.1) is 18.4 Å². The molecular weight excluding hydrogens is 252 g/mol. The van der Waals surface area contributed by atoms with E-state index in [1.807, 2.05) is 0 Å². The molecule has 1 N–H and O–H groups in total. The van der Waals surface area contributed by atoms with Crippen LogP contribution in [0.2, 0.25) is 0 Å². The van der Waals surface area contributed by atoms with Crippen LogP contribution in [0.1, 0.15) is 34.1 Å². The smallest absolute Gasteiger partial charge is 0.268 e. The first kappa shape index (κ1) is 16.7. The molecule has 20 heavy (non-hydrogen) atoms. The summed E-state index contributed by atoms with van der Waals surface area (Å²) in [6.07, 6.45) is 2.94. The quantitative estimate of drug-likeness (QED) is 0.700. The largest absolute Gasteiger partial charge is 0.371 e. The van der Waals surface area contributed by atoms with Crippen molar-refractivity contribution in [2.24, 2.45) is 5.92 Å². The van der Waals surface area contributed by atoms with Gasteiger partial charge in [0.15, 0.2) is 0 Å². The van der Waals surface area contributed by atoms with E-state index in [2.05, 4.69) is 43.0 Å². The highest BCUT2D eigenvalue weighted by Gasteiger charge is 2.05. The minimum atomic E-state index is -0.0277. The maximum Gasteiger partial charge on any atom is 0.268 e. The van der Waals surface area contributed by atoms with Gasteiger partial charge in [-0.25, -0.2) is 4.68 Å². The molecule has 1 rings (SSSR count). The van der Waals surface area contributed by atoms with E-state index < -0.39 is 0 Å². The Labute approximate surface area is 122 Å². The highest BCUT2D eigenvalue weighted by Crippen LogP contribution is 2.07. The van der Waals surface area contributed by atoms with Gasteiger partial charge in [-0.1, -0.05) is 13.8 Å². The van der Waals surface area contributed by atoms with Gasteiger partial charge in [-0.15, -0.1) is 0 Å². The summed E-state index contributed by atoms with van der Waals surface area (Å²) >= 11 is 0. The van der Waals surface area contributed by atoms with E-state index >= 15 is 0 Å². The molecule has 0 saturated carbocycles. The molecule has 0 aliphatic heterocycles. The zero-order valence-corrected chi connectivity index (χ0v) is 13.2. The van der Waals surface area contributed by atoms with Crippen LogP contribution in [0.5, 0.6) is 0 Å². The third kappa shape index (κ3) is 5.33. The number of aromatic nitrogens is 2. The Morgan fingerprint density at radius 3 is 2.55 bits per heavy atom. The standard InChI is InChI=1S/C15H28N4O/c1-5-18(6-2)14-11-15(20)19(17-12-14)10-9-16-8-7-13(3)4/h11-13,16H,5-10H2,1-4H3. The van der Waals surface area contributed by atoms with Crippen molar-refractivity contribution in [2.45, 2.75) is 40.7 Å². The van der Waals surface area contributed by atoms with Crippen molar-refractivity contribution in [3.05, 3.63) is 22.6 Å². The molecule has 1 heterocycles. The molecule has 0 aromatic carbocycles. The van der Waals surface area contributed by atoms with Crippen molar-refractivity contribution in [1.82, 2.24) is 15.1 Å². The minimum absolute atomic E-state index is 0.0277. The molecule has 0 amide bonds. The van der Waals surface area contributed by atoms with E-state index in [1.54, 1.807) is 12.3 Å². The van der Waals surface area contributed by atoms with Gasteiger partial charge in [-0.3, -0.25) is 4.79 Å². The highest BCUT2D eigenvalue weighted by atomic mass is 16.1. The second kappa shape index (κ2) is 8.74. The summed E-state index contributed by atoms with van der Waals surface area (Å²) in [6, 6.07) is 1.67. The fraction of sp³-hybridized carbons (Fsp3) is 0.733. The highest BCUT2D eigenvalue weighted by molar-refractivity contribution is 5.42. The molecule has 5 nitrogen and oxygen atoms in total. The second-order valence-corrected chi connectivity index (χ2v) is 5.38. The van der Waals surface area contributed by atoms with Crippen LogP contribution in [-0.2, 0) is 6.54 Å². The molecule has 1 aromatic rings. The van der Waals surface area contributed by atoms with E-state index in [9.17, 15) is 4.79 Å². The minimum Gasteiger partial charge on any atom is -0.371 e. The first-order chi connectivity index (χ1) is 9.58. The Hall–Kier alpha value is -1.36. The van der Waals surface area contributed by atoms with E-state index in [0.717, 1.165) is 38.3 Å². The van der Waals surface area contributed by atoms with Crippen molar-refractivity contribution in [2.75, 3.05) is 31.1 Å². The summed E-state index contributed by atoms with van der Waals surface area (Å²) in [5, 5.41) is 7.59. The van der Waals surface area contributed by atoms with Gasteiger partial charge in [-0.2, -0.15) is 5.10 Å². The Morgan fingerprint density at radius 2 is 2.00 bits per heavy atom. The molecule has 0 aliphatic rings. The van der Waals surface area contributed by atoms with Gasteiger partial charge in [0.25, 0.3) is 5.56 Å². The summed E-state index contributed by atoms with van der Waals surface area (Å²) in [5.41, 5.74) is 0.879. The number of hydrogen-bond acceptors (Lipinski definition) is 4. The van der Waals surface area contributed by atoms with Crippen LogP contribution in [0.15, 0.2) is 17.1 Å². The summed E-state index contributed by atoms with van der Waals surface area (Å²) in [7, 11) is 0. The Kier molecular flexibility index (Phi) is 7.30. The van der Waals surface area contributed by atoms with Crippen LogP contribution in [0.25, 0.3) is 0 Å². The maximum atomic E-state index is 12.0. The lowest BCUT2D eigenvalue weighted by Gasteiger charge is -2.20. The molecule has 5 heteroatoms. The fourth-order valence-electron chi connectivity index (χ4n) is 2.05. The topological polar surface area (TPSA) is 50.2 Å². The molecule has 0 aliphatic carbocycles. The van der Waals surface area contributed by atoms with Crippen LogP contribution in [0, 0.1) is 5.92 Å². The first-order valence-corrected chi connectivity index (χ1v) is 7.61. The average Bonchev–Trinajstić information content (AvgIpc) is 2.41. The number of nitrogens with zero attached hydrogens (tertiary/aromatic N) is 3. The molecular formula is C15H28N4O. The lowest BCUT2D eigenvalue weighted by molar-refractivity contribution is 0.495. The van der Waals surface area contributed by atoms with Crippen LogP contribution < -0.4 is 15.8 Å². The third-order valence-corrected chi connectivity index (χ3v) is 3.38. The number of hydrogen-bond donors (Lipinski definition) is 1. The summed E-state index contributed by atoms with van der Waals surface area (Å²) in [6.45, 7) is 12.7. The molecule has 114 valence electrons. The average molecular weight is 280 g/mol. The van der Waals surface area contributed by atoms with E-state index in [1.165, 1.54) is 4.68 Å². The predicted molar refractivity (Wildman–Crippen MR) is 84.4 cm³/mol. The first-order valence-electron chi connectivity index (χ1n) is 7.61. The molecule has 0 fully saturated rings. The number of anilines is 1. The normalized spacial score (nSPS) is 11.1. The molecule has 0 bridgehead atoms. The Balaban J connectivity index is 2.50. The summed E-state index contributed by atoms with van der Waals surface area (Å²) in [4.78, 5) is 14.1. The lowest BCUT2D eigenvalue weighted by atomic mass is 10.1. The molecule has 1 aromatic heterocycles. The summed E-state index contributed by atoms with van der Waals surface area (Å²) in [5.74, 6) is 0.705. The van der Waals surface area contributed by atoms with Gasteiger partial charge in [0.1, 0.15) is 0 Å². The lowest BCUT2D eigenvalue weighted by Crippen LogP contribution is -2.31. The monoisotopic (exact) mass is 280 g/mol. The number of rotatable bonds is 9. The van der Waals surface area contributed by atoms with Crippen LogP contribution in [0.4, 0.5) is 5.69 Å². The zero-order chi connectivity index (χ0) is 15.0.